The molecule has 4 heterocycles. The third-order valence-corrected chi connectivity index (χ3v) is 15.0. The number of ether oxygens (including phenoxy) is 6. The number of carbonyl (C=O) groups is 5. The summed E-state index contributed by atoms with van der Waals surface area (Å²) in [5.41, 5.74) is 3.38. The number of nitrogens with zero attached hydrogens (tertiary/aromatic N) is 4. The molecule has 4 aromatic heterocycles. The standard InChI is InChI=1S/C22H29NO5S.C17H15NO2S.C11H8FNO2S.C11H9NO2S/c1-4-5-6-7-8-9-10-16-11-12-17(13-20(16)26-2)28-14-19(24)21-23-18(15-29-21)22(25)27-3;1-2-12-7-9-13(10-8-12)20-11-15(19)17-18-14-5-3-4-6-16(14)21-17;12-8-1-3-9(4-2-8)15-7-10(14)11-13-5-6-16-11;13-10(11-12-6-7-15-11)8-14-9-4-2-1-3-5-9/h11-13,15H,4-10,14H2,1-3H3;3-10H,2,11H2,1H3;1-6H,7H2;1-7H,8H2. The number of methoxy groups -OCH3 is 2. The molecule has 0 saturated heterocycles. The van der Waals surface area contributed by atoms with E-state index in [1.807, 2.05) is 91.0 Å². The highest BCUT2D eigenvalue weighted by molar-refractivity contribution is 7.20. The molecule has 0 bridgehead atoms. The molecule has 81 heavy (non-hydrogen) atoms. The highest BCUT2D eigenvalue weighted by Crippen LogP contribution is 2.27. The van der Waals surface area contributed by atoms with Gasteiger partial charge in [-0.2, -0.15) is 0 Å². The van der Waals surface area contributed by atoms with Gasteiger partial charge in [0.1, 0.15) is 34.6 Å². The summed E-state index contributed by atoms with van der Waals surface area (Å²) in [5, 5.41) is 6.63. The van der Waals surface area contributed by atoms with E-state index in [1.54, 1.807) is 36.3 Å². The number of para-hydroxylation sites is 2. The van der Waals surface area contributed by atoms with Crippen molar-refractivity contribution in [3.05, 3.63) is 193 Å². The molecule has 0 spiro atoms. The minimum absolute atomic E-state index is 0.0191. The average molecular weight is 1170 g/mol. The lowest BCUT2D eigenvalue weighted by atomic mass is 10.0. The maximum atomic E-state index is 12.6. The van der Waals surface area contributed by atoms with E-state index in [9.17, 15) is 28.4 Å². The number of hydrogen-bond acceptors (Lipinski definition) is 19. The molecular formula is C61H61FN4O11S4. The van der Waals surface area contributed by atoms with Crippen molar-refractivity contribution in [2.75, 3.05) is 40.6 Å². The summed E-state index contributed by atoms with van der Waals surface area (Å²) in [6.07, 6.45) is 12.6. The van der Waals surface area contributed by atoms with Crippen LogP contribution in [0.15, 0.2) is 150 Å². The van der Waals surface area contributed by atoms with E-state index in [-0.39, 0.29) is 66.1 Å². The lowest BCUT2D eigenvalue weighted by molar-refractivity contribution is 0.0594. The molecule has 0 fully saturated rings. The first kappa shape index (κ1) is 62.2. The number of unbranched alkanes of at least 4 members (excludes halogenated alkanes) is 5. The first-order valence-corrected chi connectivity index (χ1v) is 29.3. The Morgan fingerprint density at radius 1 is 0.531 bits per heavy atom. The number of ketones is 4. The number of Topliss-reactive ketones (excluding diaryl/α,β-unsaturated/α-hetero) is 4. The van der Waals surface area contributed by atoms with Gasteiger partial charge in [0, 0.05) is 34.6 Å². The highest BCUT2D eigenvalue weighted by atomic mass is 32.1. The number of halogens is 1. The van der Waals surface area contributed by atoms with Gasteiger partial charge < -0.3 is 28.4 Å². The fraction of sp³-hybridized carbons (Fsp3) is 0.262. The summed E-state index contributed by atoms with van der Waals surface area (Å²) in [5.74, 6) is 1.66. The van der Waals surface area contributed by atoms with Crippen molar-refractivity contribution in [3.8, 4) is 28.7 Å². The second-order valence-corrected chi connectivity index (χ2v) is 21.0. The van der Waals surface area contributed by atoms with E-state index in [0.29, 0.717) is 38.0 Å². The molecule has 0 aliphatic carbocycles. The zero-order valence-corrected chi connectivity index (χ0v) is 48.5. The van der Waals surface area contributed by atoms with Crippen LogP contribution >= 0.6 is 45.3 Å². The fourth-order valence-electron chi connectivity index (χ4n) is 7.14. The minimum Gasteiger partial charge on any atom is -0.496 e. The maximum Gasteiger partial charge on any atom is 0.357 e. The first-order chi connectivity index (χ1) is 39.5. The van der Waals surface area contributed by atoms with Gasteiger partial charge in [0.25, 0.3) is 0 Å². The van der Waals surface area contributed by atoms with Crippen LogP contribution in [0.5, 0.6) is 28.7 Å². The van der Waals surface area contributed by atoms with Gasteiger partial charge in [0.05, 0.1) is 24.4 Å². The molecule has 0 N–H and O–H groups in total. The predicted octanol–water partition coefficient (Wildman–Crippen LogP) is 14.2. The number of aryl methyl sites for hydroxylation is 2. The fourth-order valence-corrected chi connectivity index (χ4v) is 9.87. The Hall–Kier alpha value is -8.04. The molecule has 9 rings (SSSR count). The van der Waals surface area contributed by atoms with Crippen LogP contribution in [-0.4, -0.2) is 89.7 Å². The number of fused-ring (bicyclic) bond motifs is 1. The number of benzene rings is 5. The molecule has 0 aliphatic rings. The zero-order chi connectivity index (χ0) is 57.6. The number of hydrogen-bond donors (Lipinski definition) is 0. The molecule has 0 saturated carbocycles. The van der Waals surface area contributed by atoms with Crippen molar-refractivity contribution < 1.29 is 56.8 Å². The molecule has 9 aromatic rings. The monoisotopic (exact) mass is 1170 g/mol. The zero-order valence-electron chi connectivity index (χ0n) is 45.2. The Morgan fingerprint density at radius 3 is 1.63 bits per heavy atom. The van der Waals surface area contributed by atoms with Crippen LogP contribution < -0.4 is 23.7 Å². The SMILES string of the molecule is CCCCCCCCc1ccc(OCC(=O)c2nc(C(=O)OC)cs2)cc1OC.CCc1ccc(OCC(=O)c2nc3ccccc3s2)cc1.O=C(COc1ccc(F)cc1)c1nccs1.O=C(COc1ccccc1)c1nccs1. The molecule has 422 valence electrons. The smallest absolute Gasteiger partial charge is 0.357 e. The number of aromatic nitrogens is 4. The molecule has 0 atom stereocenters. The molecule has 0 aliphatic heterocycles. The van der Waals surface area contributed by atoms with Crippen LogP contribution in [-0.2, 0) is 17.6 Å². The summed E-state index contributed by atoms with van der Waals surface area (Å²) < 4.78 is 45.3. The van der Waals surface area contributed by atoms with Crippen molar-refractivity contribution in [3.63, 3.8) is 0 Å². The molecule has 0 amide bonds. The third kappa shape index (κ3) is 21.2. The Bertz CT molecular complexity index is 3300. The quantitative estimate of drug-likeness (QED) is 0.0282. The Kier molecular flexibility index (Phi) is 26.2. The van der Waals surface area contributed by atoms with E-state index in [0.717, 1.165) is 52.1 Å². The van der Waals surface area contributed by atoms with Crippen molar-refractivity contribution in [2.24, 2.45) is 0 Å². The number of carbonyl (C=O) groups excluding carboxylic acids is 5. The first-order valence-electron chi connectivity index (χ1n) is 25.9. The average Bonchev–Trinajstić information content (AvgIpc) is 4.40. The molecule has 0 radical (unpaired) electrons. The highest BCUT2D eigenvalue weighted by Gasteiger charge is 2.18. The van der Waals surface area contributed by atoms with Gasteiger partial charge >= 0.3 is 5.97 Å². The van der Waals surface area contributed by atoms with E-state index < -0.39 is 5.97 Å². The van der Waals surface area contributed by atoms with Crippen LogP contribution in [0.1, 0.15) is 113 Å². The van der Waals surface area contributed by atoms with Gasteiger partial charge in [-0.25, -0.2) is 29.1 Å². The molecule has 5 aromatic carbocycles. The summed E-state index contributed by atoms with van der Waals surface area (Å²) in [4.78, 5) is 74.9. The van der Waals surface area contributed by atoms with Gasteiger partial charge in [-0.15, -0.1) is 45.3 Å². The van der Waals surface area contributed by atoms with Gasteiger partial charge in [0.2, 0.25) is 23.1 Å². The molecule has 0 unspecified atom stereocenters. The van der Waals surface area contributed by atoms with E-state index in [2.05, 4.69) is 38.5 Å². The molecule has 15 nitrogen and oxygen atoms in total. The van der Waals surface area contributed by atoms with Crippen molar-refractivity contribution >= 4 is 84.7 Å². The Morgan fingerprint density at radius 2 is 1.06 bits per heavy atom. The predicted molar refractivity (Wildman–Crippen MR) is 315 cm³/mol. The van der Waals surface area contributed by atoms with Crippen molar-refractivity contribution in [1.29, 1.82) is 0 Å². The van der Waals surface area contributed by atoms with Gasteiger partial charge in [-0.1, -0.05) is 94.5 Å². The van der Waals surface area contributed by atoms with Crippen LogP contribution in [0.2, 0.25) is 0 Å². The molecular weight excluding hydrogens is 1110 g/mol. The number of esters is 1. The summed E-state index contributed by atoms with van der Waals surface area (Å²) in [6, 6.07) is 36.0. The number of thiazole rings is 4. The molecule has 20 heteroatoms. The van der Waals surface area contributed by atoms with E-state index >= 15 is 0 Å². The van der Waals surface area contributed by atoms with E-state index in [1.165, 1.54) is 108 Å². The Labute approximate surface area is 485 Å². The minimum atomic E-state index is -0.563. The van der Waals surface area contributed by atoms with Crippen LogP contribution in [0.3, 0.4) is 0 Å². The topological polar surface area (TPSA) is 192 Å². The van der Waals surface area contributed by atoms with Gasteiger partial charge in [-0.3, -0.25) is 19.2 Å². The second kappa shape index (κ2) is 34.2. The van der Waals surface area contributed by atoms with Crippen LogP contribution in [0.25, 0.3) is 10.2 Å². The summed E-state index contributed by atoms with van der Waals surface area (Å²) >= 11 is 5.10. The second-order valence-electron chi connectivity index (χ2n) is 17.3. The lowest BCUT2D eigenvalue weighted by Crippen LogP contribution is -2.12. The van der Waals surface area contributed by atoms with Crippen LogP contribution in [0.4, 0.5) is 4.39 Å². The maximum absolute atomic E-state index is 12.6. The van der Waals surface area contributed by atoms with Gasteiger partial charge in [0.15, 0.2) is 52.2 Å². The summed E-state index contributed by atoms with van der Waals surface area (Å²) in [7, 11) is 2.91. The largest absolute Gasteiger partial charge is 0.496 e. The normalized spacial score (nSPS) is 10.4. The van der Waals surface area contributed by atoms with Gasteiger partial charge in [-0.05, 0) is 97.1 Å². The van der Waals surface area contributed by atoms with Crippen molar-refractivity contribution in [2.45, 2.75) is 65.2 Å². The summed E-state index contributed by atoms with van der Waals surface area (Å²) in [6.45, 7) is 4.14. The lowest BCUT2D eigenvalue weighted by Gasteiger charge is -2.11. The Balaban J connectivity index is 0.000000180. The van der Waals surface area contributed by atoms with Crippen molar-refractivity contribution in [1.82, 2.24) is 19.9 Å². The van der Waals surface area contributed by atoms with Crippen LogP contribution in [0, 0.1) is 5.82 Å². The number of rotatable bonds is 26. The van der Waals surface area contributed by atoms with E-state index in [4.69, 9.17) is 23.7 Å². The third-order valence-electron chi connectivity index (χ3n) is 11.4.